The highest BCUT2D eigenvalue weighted by molar-refractivity contribution is 5.43. The summed E-state index contributed by atoms with van der Waals surface area (Å²) in [5, 5.41) is 3.97. The molecule has 0 radical (unpaired) electrons. The monoisotopic (exact) mass is 270 g/mol. The van der Waals surface area contributed by atoms with Gasteiger partial charge < -0.3 is 5.32 Å². The zero-order valence-corrected chi connectivity index (χ0v) is 12.8. The Morgan fingerprint density at radius 3 is 2.75 bits per heavy atom. The third kappa shape index (κ3) is 2.29. The number of likely N-dealkylation sites (tertiary alicyclic amines) is 1. The number of hydrogen-bond acceptors (Lipinski definition) is 2. The van der Waals surface area contributed by atoms with Crippen molar-refractivity contribution in [2.45, 2.75) is 64.1 Å². The molecule has 0 amide bonds. The summed E-state index contributed by atoms with van der Waals surface area (Å²) in [5.41, 5.74) is 6.12. The molecule has 1 aromatic rings. The largest absolute Gasteiger partial charge is 0.306 e. The Morgan fingerprint density at radius 2 is 1.95 bits per heavy atom. The van der Waals surface area contributed by atoms with Crippen molar-refractivity contribution in [3.05, 3.63) is 34.4 Å². The van der Waals surface area contributed by atoms with E-state index in [1.807, 2.05) is 0 Å². The number of nitrogens with one attached hydrogen (secondary N) is 1. The first kappa shape index (κ1) is 12.8. The highest BCUT2D eigenvalue weighted by Crippen LogP contribution is 2.36. The van der Waals surface area contributed by atoms with Gasteiger partial charge in [0.15, 0.2) is 0 Å². The smallest absolute Gasteiger partial charge is 0.0331 e. The maximum atomic E-state index is 3.97. The van der Waals surface area contributed by atoms with Gasteiger partial charge in [-0.1, -0.05) is 17.7 Å². The first-order chi connectivity index (χ1) is 9.70. The standard InChI is InChI=1S/C18H26N2/c1-12-9-13(2)18-14(10-12)3-6-17(18)19-15-7-8-20(11-15)16-4-5-16/h9-10,15-17,19H,3-8,11H2,1-2H3. The van der Waals surface area contributed by atoms with Crippen LogP contribution in [0.5, 0.6) is 0 Å². The summed E-state index contributed by atoms with van der Waals surface area (Å²) in [6.07, 6.45) is 6.77. The number of hydrogen-bond donors (Lipinski definition) is 1. The second kappa shape index (κ2) is 4.85. The molecule has 0 spiro atoms. The molecule has 0 aromatic heterocycles. The number of benzene rings is 1. The van der Waals surface area contributed by atoms with Gasteiger partial charge in [0.1, 0.15) is 0 Å². The van der Waals surface area contributed by atoms with Gasteiger partial charge in [0, 0.05) is 31.2 Å². The lowest BCUT2D eigenvalue weighted by atomic mass is 9.98. The highest BCUT2D eigenvalue weighted by atomic mass is 15.2. The average molecular weight is 270 g/mol. The Morgan fingerprint density at radius 1 is 1.10 bits per heavy atom. The summed E-state index contributed by atoms with van der Waals surface area (Å²) in [5.74, 6) is 0. The Labute approximate surface area is 122 Å². The van der Waals surface area contributed by atoms with Crippen LogP contribution in [0.4, 0.5) is 0 Å². The van der Waals surface area contributed by atoms with Crippen LogP contribution >= 0.6 is 0 Å². The van der Waals surface area contributed by atoms with Crippen LogP contribution in [-0.4, -0.2) is 30.1 Å². The van der Waals surface area contributed by atoms with Crippen LogP contribution in [0.2, 0.25) is 0 Å². The van der Waals surface area contributed by atoms with E-state index in [0.29, 0.717) is 12.1 Å². The maximum Gasteiger partial charge on any atom is 0.0331 e. The predicted molar refractivity (Wildman–Crippen MR) is 83.1 cm³/mol. The van der Waals surface area contributed by atoms with Crippen LogP contribution in [0.1, 0.15) is 54.0 Å². The van der Waals surface area contributed by atoms with E-state index >= 15 is 0 Å². The summed E-state index contributed by atoms with van der Waals surface area (Å²) in [6.45, 7) is 7.10. The molecule has 20 heavy (non-hydrogen) atoms. The minimum atomic E-state index is 0.606. The second-order valence-corrected chi connectivity index (χ2v) is 7.12. The fourth-order valence-corrected chi connectivity index (χ4v) is 4.36. The van der Waals surface area contributed by atoms with Gasteiger partial charge in [-0.2, -0.15) is 0 Å². The third-order valence-corrected chi connectivity index (χ3v) is 5.39. The van der Waals surface area contributed by atoms with E-state index in [-0.39, 0.29) is 0 Å². The lowest BCUT2D eigenvalue weighted by Gasteiger charge is -2.22. The molecule has 2 fully saturated rings. The van der Waals surface area contributed by atoms with E-state index in [1.165, 1.54) is 56.3 Å². The van der Waals surface area contributed by atoms with Gasteiger partial charge >= 0.3 is 0 Å². The summed E-state index contributed by atoms with van der Waals surface area (Å²) in [4.78, 5) is 2.70. The number of rotatable bonds is 3. The highest BCUT2D eigenvalue weighted by Gasteiger charge is 2.36. The molecule has 2 aliphatic carbocycles. The van der Waals surface area contributed by atoms with E-state index in [0.717, 1.165) is 6.04 Å². The summed E-state index contributed by atoms with van der Waals surface area (Å²) >= 11 is 0. The van der Waals surface area contributed by atoms with Crippen molar-refractivity contribution < 1.29 is 0 Å². The Balaban J connectivity index is 1.47. The predicted octanol–water partition coefficient (Wildman–Crippen LogP) is 3.12. The van der Waals surface area contributed by atoms with Gasteiger partial charge in [0.25, 0.3) is 0 Å². The molecule has 2 nitrogen and oxygen atoms in total. The van der Waals surface area contributed by atoms with E-state index < -0.39 is 0 Å². The molecule has 0 bridgehead atoms. The summed E-state index contributed by atoms with van der Waals surface area (Å²) in [7, 11) is 0. The normalized spacial score (nSPS) is 29.9. The number of aryl methyl sites for hydroxylation is 3. The van der Waals surface area contributed by atoms with Crippen LogP contribution in [0.15, 0.2) is 12.1 Å². The van der Waals surface area contributed by atoms with Crippen molar-refractivity contribution >= 4 is 0 Å². The molecule has 1 aliphatic heterocycles. The Kier molecular flexibility index (Phi) is 3.12. The zero-order valence-electron chi connectivity index (χ0n) is 12.8. The van der Waals surface area contributed by atoms with Crippen molar-refractivity contribution in [1.29, 1.82) is 0 Å². The molecule has 1 saturated carbocycles. The molecule has 1 aromatic carbocycles. The fraction of sp³-hybridized carbons (Fsp3) is 0.667. The fourth-order valence-electron chi connectivity index (χ4n) is 4.36. The zero-order chi connectivity index (χ0) is 13.7. The first-order valence-electron chi connectivity index (χ1n) is 8.31. The third-order valence-electron chi connectivity index (χ3n) is 5.39. The Bertz CT molecular complexity index is 518. The molecular weight excluding hydrogens is 244 g/mol. The average Bonchev–Trinajstić information content (AvgIpc) is 3.02. The van der Waals surface area contributed by atoms with E-state index in [2.05, 4.69) is 36.2 Å². The van der Waals surface area contributed by atoms with Crippen molar-refractivity contribution in [1.82, 2.24) is 10.2 Å². The van der Waals surface area contributed by atoms with Crippen molar-refractivity contribution in [2.24, 2.45) is 0 Å². The van der Waals surface area contributed by atoms with Gasteiger partial charge in [0.2, 0.25) is 0 Å². The van der Waals surface area contributed by atoms with Crippen molar-refractivity contribution in [3.63, 3.8) is 0 Å². The minimum absolute atomic E-state index is 0.606. The van der Waals surface area contributed by atoms with Crippen LogP contribution in [0.25, 0.3) is 0 Å². The number of nitrogens with zero attached hydrogens (tertiary/aromatic N) is 1. The SMILES string of the molecule is Cc1cc(C)c2c(c1)CCC2NC1CCN(C2CC2)C1. The molecule has 1 saturated heterocycles. The van der Waals surface area contributed by atoms with Crippen LogP contribution < -0.4 is 5.32 Å². The van der Waals surface area contributed by atoms with Gasteiger partial charge in [-0.15, -0.1) is 0 Å². The minimum Gasteiger partial charge on any atom is -0.306 e. The summed E-state index contributed by atoms with van der Waals surface area (Å²) in [6, 6.07) is 7.00. The molecule has 2 heteroatoms. The van der Waals surface area contributed by atoms with Gasteiger partial charge in [-0.05, 0) is 62.6 Å². The lowest BCUT2D eigenvalue weighted by Crippen LogP contribution is -2.35. The van der Waals surface area contributed by atoms with E-state index in [1.54, 1.807) is 11.1 Å². The molecule has 2 unspecified atom stereocenters. The molecule has 2 atom stereocenters. The molecule has 3 aliphatic rings. The van der Waals surface area contributed by atoms with Crippen molar-refractivity contribution in [3.8, 4) is 0 Å². The maximum absolute atomic E-state index is 3.97. The van der Waals surface area contributed by atoms with Gasteiger partial charge in [-0.25, -0.2) is 0 Å². The lowest BCUT2D eigenvalue weighted by molar-refractivity contribution is 0.312. The summed E-state index contributed by atoms with van der Waals surface area (Å²) < 4.78 is 0. The molecule has 1 N–H and O–H groups in total. The van der Waals surface area contributed by atoms with Crippen LogP contribution in [0, 0.1) is 13.8 Å². The molecule has 108 valence electrons. The molecule has 1 heterocycles. The van der Waals surface area contributed by atoms with Gasteiger partial charge in [-0.3, -0.25) is 4.90 Å². The second-order valence-electron chi connectivity index (χ2n) is 7.12. The van der Waals surface area contributed by atoms with Crippen molar-refractivity contribution in [2.75, 3.05) is 13.1 Å². The van der Waals surface area contributed by atoms with E-state index in [4.69, 9.17) is 0 Å². The topological polar surface area (TPSA) is 15.3 Å². The number of fused-ring (bicyclic) bond motifs is 1. The Hall–Kier alpha value is -0.860. The molecule has 4 rings (SSSR count). The quantitative estimate of drug-likeness (QED) is 0.908. The van der Waals surface area contributed by atoms with Gasteiger partial charge in [0.05, 0.1) is 0 Å². The first-order valence-corrected chi connectivity index (χ1v) is 8.31. The molecular formula is C18H26N2. The van der Waals surface area contributed by atoms with E-state index in [9.17, 15) is 0 Å². The van der Waals surface area contributed by atoms with Crippen LogP contribution in [-0.2, 0) is 6.42 Å². The van der Waals surface area contributed by atoms with Crippen LogP contribution in [0.3, 0.4) is 0 Å².